The monoisotopic (exact) mass is 903 g/mol. The third-order valence-electron chi connectivity index (χ3n) is 11.1. The Labute approximate surface area is 397 Å². The molecular weight excluding hydrogens is 829 g/mol. The molecule has 9 nitrogen and oxygen atoms in total. The van der Waals surface area contributed by atoms with Gasteiger partial charge in [-0.2, -0.15) is 0 Å². The quantitative estimate of drug-likeness (QED) is 0.0153. The van der Waals surface area contributed by atoms with E-state index in [9.17, 15) is 14.4 Å². The number of esters is 3. The molecular formula is C57H74O9. The number of carbonyl (C=O) groups excluding carboxylic acids is 3. The van der Waals surface area contributed by atoms with Crippen molar-refractivity contribution in [2.24, 2.45) is 0 Å². The molecule has 0 aliphatic carbocycles. The number of rotatable bonds is 35. The zero-order valence-electron chi connectivity index (χ0n) is 39.6. The van der Waals surface area contributed by atoms with Crippen molar-refractivity contribution >= 4 is 17.9 Å². The van der Waals surface area contributed by atoms with Crippen LogP contribution < -0.4 is 0 Å². The van der Waals surface area contributed by atoms with Crippen LogP contribution >= 0.6 is 0 Å². The Hall–Kier alpha value is -5.13. The summed E-state index contributed by atoms with van der Waals surface area (Å²) in [6, 6.07) is 0. The van der Waals surface area contributed by atoms with Crippen LogP contribution in [0.5, 0.6) is 0 Å². The predicted octanol–water partition coefficient (Wildman–Crippen LogP) is 10.4. The molecule has 0 spiro atoms. The molecule has 6 atom stereocenters. The molecule has 3 heterocycles. The van der Waals surface area contributed by atoms with Crippen LogP contribution in [0.3, 0.4) is 0 Å². The maximum absolute atomic E-state index is 12.7. The zero-order valence-corrected chi connectivity index (χ0v) is 39.6. The molecule has 0 aromatic rings. The molecule has 0 aromatic heterocycles. The van der Waals surface area contributed by atoms with Gasteiger partial charge >= 0.3 is 17.9 Å². The van der Waals surface area contributed by atoms with E-state index < -0.39 is 24.0 Å². The molecule has 3 aliphatic rings. The normalized spacial score (nSPS) is 19.0. The number of hydrogen-bond donors (Lipinski definition) is 0. The van der Waals surface area contributed by atoms with E-state index in [-0.39, 0.29) is 88.4 Å². The van der Waals surface area contributed by atoms with Gasteiger partial charge in [-0.25, -0.2) is 0 Å². The molecule has 3 fully saturated rings. The van der Waals surface area contributed by atoms with Gasteiger partial charge in [0, 0.05) is 19.3 Å². The summed E-state index contributed by atoms with van der Waals surface area (Å²) in [5.41, 5.74) is 0. The molecule has 0 bridgehead atoms. The average molecular weight is 903 g/mol. The van der Waals surface area contributed by atoms with Gasteiger partial charge in [0.2, 0.25) is 0 Å². The van der Waals surface area contributed by atoms with Crippen LogP contribution in [-0.2, 0) is 42.8 Å². The fraction of sp³-hybridized carbons (Fsp3) is 0.632. The first-order valence-electron chi connectivity index (χ1n) is 24.7. The summed E-state index contributed by atoms with van der Waals surface area (Å²) in [5.74, 6) is 32.9. The largest absolute Gasteiger partial charge is 0.462 e. The zero-order chi connectivity index (χ0) is 47.1. The van der Waals surface area contributed by atoms with Crippen LogP contribution in [0.1, 0.15) is 173 Å². The van der Waals surface area contributed by atoms with Crippen molar-refractivity contribution in [3.8, 4) is 71.0 Å². The molecule has 0 aromatic carbocycles. The van der Waals surface area contributed by atoms with Crippen molar-refractivity contribution in [2.45, 2.75) is 216 Å². The van der Waals surface area contributed by atoms with Gasteiger partial charge in [0.15, 0.2) is 6.10 Å². The molecule has 66 heavy (non-hydrogen) atoms. The van der Waals surface area contributed by atoms with Gasteiger partial charge < -0.3 is 28.4 Å². The van der Waals surface area contributed by atoms with Crippen molar-refractivity contribution in [1.29, 1.82) is 0 Å². The van der Waals surface area contributed by atoms with Gasteiger partial charge in [-0.05, 0) is 93.3 Å². The molecule has 0 N–H and O–H groups in total. The first kappa shape index (κ1) is 55.2. The van der Waals surface area contributed by atoms with E-state index in [2.05, 4.69) is 90.8 Å². The Bertz CT molecular complexity index is 1790. The van der Waals surface area contributed by atoms with Crippen LogP contribution in [0, 0.1) is 71.0 Å². The highest BCUT2D eigenvalue weighted by molar-refractivity contribution is 5.71. The number of hydrogen-bond acceptors (Lipinski definition) is 9. The van der Waals surface area contributed by atoms with E-state index in [1.807, 2.05) is 18.2 Å². The summed E-state index contributed by atoms with van der Waals surface area (Å²) in [6.07, 6.45) is 30.2. The molecule has 356 valence electrons. The Morgan fingerprint density at radius 2 is 0.758 bits per heavy atom. The number of ether oxygens (including phenoxy) is 6. The standard InChI is InChI=1S/C57H74O9/c1-4-7-10-13-16-19-28-37-49-52(64-49)40-31-22-25-34-43-55(58)61-46-48(63-57(60)45-36-27-24-33-42-54-51(66-54)39-30-21-18-15-12-9-6-3)47-62-56(59)44-35-26-23-32-41-53-50(65-53)38-29-20-17-14-11-8-5-2/h4-6,48-54H,1-3,7-21,28-30,34-39,43-47H2/t49-,50-,51-,52-,53-,54-/m0/s1. The minimum Gasteiger partial charge on any atom is -0.462 e. The topological polar surface area (TPSA) is 116 Å². The molecule has 0 saturated carbocycles. The van der Waals surface area contributed by atoms with E-state index in [4.69, 9.17) is 28.4 Å². The fourth-order valence-electron chi connectivity index (χ4n) is 6.97. The lowest BCUT2D eigenvalue weighted by atomic mass is 10.1. The Kier molecular flexibility index (Phi) is 31.0. The summed E-state index contributed by atoms with van der Waals surface area (Å²) in [6.45, 7) is 10.7. The molecule has 0 unspecified atom stereocenters. The highest BCUT2D eigenvalue weighted by Gasteiger charge is 2.37. The minimum absolute atomic E-state index is 0.0121. The number of epoxide rings is 3. The fourth-order valence-corrected chi connectivity index (χ4v) is 6.97. The molecule has 0 radical (unpaired) electrons. The van der Waals surface area contributed by atoms with E-state index >= 15 is 0 Å². The van der Waals surface area contributed by atoms with Gasteiger partial charge in [-0.3, -0.25) is 14.4 Å². The lowest BCUT2D eigenvalue weighted by Gasteiger charge is -2.17. The number of unbranched alkanes of at least 4 members (excludes halogenated alkanes) is 15. The van der Waals surface area contributed by atoms with Crippen LogP contribution in [0.4, 0.5) is 0 Å². The van der Waals surface area contributed by atoms with E-state index in [1.54, 1.807) is 0 Å². The highest BCUT2D eigenvalue weighted by Crippen LogP contribution is 2.28. The second kappa shape index (κ2) is 37.0. The lowest BCUT2D eigenvalue weighted by molar-refractivity contribution is -0.166. The second-order valence-electron chi connectivity index (χ2n) is 16.9. The lowest BCUT2D eigenvalue weighted by Crippen LogP contribution is -2.30. The summed E-state index contributed by atoms with van der Waals surface area (Å²) < 4.78 is 33.2. The average Bonchev–Trinajstić information content (AvgIpc) is 4.26. The third-order valence-corrected chi connectivity index (χ3v) is 11.1. The first-order valence-corrected chi connectivity index (χ1v) is 24.7. The third kappa shape index (κ3) is 30.1. The van der Waals surface area contributed by atoms with Crippen molar-refractivity contribution in [1.82, 2.24) is 0 Å². The molecule has 9 heteroatoms. The summed E-state index contributed by atoms with van der Waals surface area (Å²) >= 11 is 0. The van der Waals surface area contributed by atoms with Crippen LogP contribution in [-0.4, -0.2) is 73.8 Å². The second-order valence-corrected chi connectivity index (χ2v) is 16.9. The minimum atomic E-state index is -1.00. The number of allylic oxidation sites excluding steroid dienone is 3. The SMILES string of the molecule is C=CCCCCCCC[C@@H]1O[C@H]1C#CC#CCCC(=O)OCC(COC(=O)CCC#CC#C[C@@H]1O[C@H]1CCCCCCCC=C)OC(=O)CCC#CC#C[C@@H]1O[C@H]1CCCCCCCC=C. The van der Waals surface area contributed by atoms with E-state index in [0.29, 0.717) is 0 Å². The molecule has 0 amide bonds. The van der Waals surface area contributed by atoms with Crippen LogP contribution in [0.15, 0.2) is 38.0 Å². The van der Waals surface area contributed by atoms with Crippen LogP contribution in [0.2, 0.25) is 0 Å². The van der Waals surface area contributed by atoms with Gasteiger partial charge in [0.25, 0.3) is 0 Å². The predicted molar refractivity (Wildman–Crippen MR) is 260 cm³/mol. The first-order chi connectivity index (χ1) is 32.4. The van der Waals surface area contributed by atoms with Gasteiger partial charge in [0.1, 0.15) is 31.5 Å². The smallest absolute Gasteiger partial charge is 0.307 e. The molecule has 3 aliphatic heterocycles. The van der Waals surface area contributed by atoms with Gasteiger partial charge in [-0.15, -0.1) is 19.7 Å². The molecule has 3 rings (SSSR count). The Morgan fingerprint density at radius 1 is 0.439 bits per heavy atom. The van der Waals surface area contributed by atoms with Crippen molar-refractivity contribution in [3.63, 3.8) is 0 Å². The van der Waals surface area contributed by atoms with E-state index in [1.165, 1.54) is 77.0 Å². The van der Waals surface area contributed by atoms with Crippen molar-refractivity contribution in [3.05, 3.63) is 38.0 Å². The summed E-state index contributed by atoms with van der Waals surface area (Å²) in [7, 11) is 0. The van der Waals surface area contributed by atoms with Crippen molar-refractivity contribution < 1.29 is 42.8 Å². The molecule has 3 saturated heterocycles. The van der Waals surface area contributed by atoms with Gasteiger partial charge in [-0.1, -0.05) is 131 Å². The highest BCUT2D eigenvalue weighted by atomic mass is 16.6. The Morgan fingerprint density at radius 3 is 1.11 bits per heavy atom. The maximum Gasteiger partial charge on any atom is 0.307 e. The van der Waals surface area contributed by atoms with Crippen molar-refractivity contribution in [2.75, 3.05) is 13.2 Å². The number of carbonyl (C=O) groups is 3. The maximum atomic E-state index is 12.7. The van der Waals surface area contributed by atoms with Gasteiger partial charge in [0.05, 0.1) is 37.6 Å². The van der Waals surface area contributed by atoms with Crippen LogP contribution in [0.25, 0.3) is 0 Å². The van der Waals surface area contributed by atoms with E-state index in [0.717, 1.165) is 57.8 Å². The summed E-state index contributed by atoms with van der Waals surface area (Å²) in [5, 5.41) is 0. The Balaban J connectivity index is 1.35. The summed E-state index contributed by atoms with van der Waals surface area (Å²) in [4.78, 5) is 37.8.